The molecular weight excluding hydrogens is 358 g/mol. The second-order valence-corrected chi connectivity index (χ2v) is 7.19. The molecule has 2 aromatic rings. The molecule has 2 aromatic carbocycles. The molecule has 2 aliphatic heterocycles. The van der Waals surface area contributed by atoms with Gasteiger partial charge in [-0.25, -0.2) is 9.89 Å². The number of nitrogens with two attached hydrogens (primary N) is 1. The summed E-state index contributed by atoms with van der Waals surface area (Å²) in [7, 11) is 0. The summed E-state index contributed by atoms with van der Waals surface area (Å²) in [4.78, 5) is 19.9. The van der Waals surface area contributed by atoms with Crippen LogP contribution < -0.4 is 10.5 Å². The van der Waals surface area contributed by atoms with E-state index in [-0.39, 0.29) is 17.6 Å². The normalized spacial score (nSPS) is 23.5. The summed E-state index contributed by atoms with van der Waals surface area (Å²) < 4.78 is 11.9. The number of fused-ring (bicyclic) bond motifs is 2. The summed E-state index contributed by atoms with van der Waals surface area (Å²) in [5.41, 5.74) is 8.44. The molecule has 1 aliphatic carbocycles. The summed E-state index contributed by atoms with van der Waals surface area (Å²) in [6.07, 6.45) is 0.282. The van der Waals surface area contributed by atoms with Gasteiger partial charge < -0.3 is 20.3 Å². The van der Waals surface area contributed by atoms with Crippen molar-refractivity contribution in [2.24, 2.45) is 10.7 Å². The number of aliphatic imine (C=N–C) groups is 1. The molecule has 0 spiro atoms. The first-order valence-corrected chi connectivity index (χ1v) is 9.48. The molecule has 3 aliphatic rings. The number of nitrogens with zero attached hydrogens (tertiary/aromatic N) is 2. The lowest BCUT2D eigenvalue weighted by Gasteiger charge is -2.39. The van der Waals surface area contributed by atoms with Crippen LogP contribution in [0.15, 0.2) is 41.4 Å². The van der Waals surface area contributed by atoms with Crippen LogP contribution in [0.5, 0.6) is 11.5 Å². The minimum atomic E-state index is -0.539. The maximum Gasteiger partial charge on any atom is 0.250 e. The van der Waals surface area contributed by atoms with Crippen molar-refractivity contribution in [1.82, 2.24) is 4.90 Å². The van der Waals surface area contributed by atoms with E-state index in [1.807, 2.05) is 12.1 Å². The van der Waals surface area contributed by atoms with Crippen molar-refractivity contribution in [3.8, 4) is 11.5 Å². The van der Waals surface area contributed by atoms with Crippen LogP contribution in [0.25, 0.3) is 0 Å². The summed E-state index contributed by atoms with van der Waals surface area (Å²) in [6.45, 7) is 2.50. The van der Waals surface area contributed by atoms with Crippen LogP contribution in [-0.2, 0) is 4.74 Å². The Morgan fingerprint density at radius 3 is 2.79 bits per heavy atom. The number of morpholine rings is 1. The molecule has 2 heterocycles. The number of hydrogen-bond donors (Lipinski definition) is 2. The summed E-state index contributed by atoms with van der Waals surface area (Å²) in [5.74, 6) is 0.531. The van der Waals surface area contributed by atoms with Crippen LogP contribution in [-0.4, -0.2) is 60.2 Å². The third kappa shape index (κ3) is 2.63. The fraction of sp³-hybridized carbons (Fsp3) is 0.333. The molecule has 5 rings (SSSR count). The molecule has 0 amide bonds. The van der Waals surface area contributed by atoms with Gasteiger partial charge in [-0.05, 0) is 25.1 Å². The highest BCUT2D eigenvalue weighted by Gasteiger charge is 2.38. The smallest absolute Gasteiger partial charge is 0.250 e. The summed E-state index contributed by atoms with van der Waals surface area (Å²) >= 11 is 0. The van der Waals surface area contributed by atoms with Crippen molar-refractivity contribution in [2.45, 2.75) is 18.9 Å². The Labute approximate surface area is 162 Å². The molecule has 0 radical (unpaired) electrons. The van der Waals surface area contributed by atoms with Crippen LogP contribution in [0.1, 0.15) is 33.5 Å². The number of aromatic hydroxyl groups is 1. The molecule has 7 heteroatoms. The van der Waals surface area contributed by atoms with Gasteiger partial charge in [-0.1, -0.05) is 24.3 Å². The van der Waals surface area contributed by atoms with Gasteiger partial charge >= 0.3 is 0 Å². The minimum Gasteiger partial charge on any atom is -0.507 e. The van der Waals surface area contributed by atoms with E-state index in [2.05, 4.69) is 4.90 Å². The maximum absolute atomic E-state index is 12.9. The van der Waals surface area contributed by atoms with Crippen molar-refractivity contribution >= 4 is 11.5 Å². The third-order valence-corrected chi connectivity index (χ3v) is 5.47. The molecule has 0 aromatic heterocycles. The standard InChI is InChI=1S/C21H21N3O4/c22-8-7-12-11-24(9-10-27-12)21-23-19-17-13(3-1-5-15(17)25)20(26)14-4-2-6-16(28-21)18(14)19/h1-6,12,21,25H,7-11,22H2. The lowest BCUT2D eigenvalue weighted by Crippen LogP contribution is -2.51. The van der Waals surface area contributed by atoms with E-state index >= 15 is 0 Å². The van der Waals surface area contributed by atoms with Crippen molar-refractivity contribution in [3.63, 3.8) is 0 Å². The van der Waals surface area contributed by atoms with Crippen molar-refractivity contribution < 1.29 is 19.4 Å². The lowest BCUT2D eigenvalue weighted by atomic mass is 9.82. The Bertz CT molecular complexity index is 986. The van der Waals surface area contributed by atoms with Gasteiger partial charge in [0.25, 0.3) is 0 Å². The Morgan fingerprint density at radius 1 is 1.18 bits per heavy atom. The lowest BCUT2D eigenvalue weighted by molar-refractivity contribution is -0.0833. The van der Waals surface area contributed by atoms with Gasteiger partial charge in [0.15, 0.2) is 5.78 Å². The van der Waals surface area contributed by atoms with Crippen LogP contribution in [0.2, 0.25) is 0 Å². The quantitative estimate of drug-likeness (QED) is 0.716. The zero-order chi connectivity index (χ0) is 19.3. The van der Waals surface area contributed by atoms with E-state index in [0.717, 1.165) is 6.42 Å². The second kappa shape index (κ2) is 6.70. The van der Waals surface area contributed by atoms with Gasteiger partial charge in [-0.2, -0.15) is 0 Å². The van der Waals surface area contributed by atoms with E-state index < -0.39 is 6.35 Å². The van der Waals surface area contributed by atoms with Crippen LogP contribution >= 0.6 is 0 Å². The second-order valence-electron chi connectivity index (χ2n) is 7.19. The summed E-state index contributed by atoms with van der Waals surface area (Å²) in [6, 6.07) is 10.4. The maximum atomic E-state index is 12.9. The van der Waals surface area contributed by atoms with E-state index in [4.69, 9.17) is 20.2 Å². The molecule has 0 bridgehead atoms. The first-order valence-electron chi connectivity index (χ1n) is 9.48. The minimum absolute atomic E-state index is 0.0453. The molecule has 3 N–H and O–H groups in total. The predicted octanol–water partition coefficient (Wildman–Crippen LogP) is 1.50. The number of hydrogen-bond acceptors (Lipinski definition) is 7. The number of phenols is 1. The van der Waals surface area contributed by atoms with Gasteiger partial charge in [-0.3, -0.25) is 4.79 Å². The van der Waals surface area contributed by atoms with Gasteiger partial charge in [0.05, 0.1) is 29.5 Å². The third-order valence-electron chi connectivity index (χ3n) is 5.47. The zero-order valence-electron chi connectivity index (χ0n) is 15.3. The zero-order valence-corrected chi connectivity index (χ0v) is 15.3. The molecule has 7 nitrogen and oxygen atoms in total. The fourth-order valence-electron chi connectivity index (χ4n) is 4.15. The molecule has 2 atom stereocenters. The van der Waals surface area contributed by atoms with E-state index in [1.165, 1.54) is 0 Å². The molecule has 2 unspecified atom stereocenters. The van der Waals surface area contributed by atoms with Crippen molar-refractivity contribution in [2.75, 3.05) is 26.2 Å². The van der Waals surface area contributed by atoms with E-state index in [9.17, 15) is 9.90 Å². The number of benzene rings is 2. The molecule has 1 fully saturated rings. The molecule has 144 valence electrons. The van der Waals surface area contributed by atoms with Crippen molar-refractivity contribution in [3.05, 3.63) is 58.7 Å². The Morgan fingerprint density at radius 2 is 1.96 bits per heavy atom. The van der Waals surface area contributed by atoms with Gasteiger partial charge in [-0.15, -0.1) is 0 Å². The SMILES string of the molecule is NCCC1CN(C2N=C3c4c(O)cccc4C(=O)c4cccc(c43)O2)CCO1. The number of ether oxygens (including phenoxy) is 2. The van der Waals surface area contributed by atoms with Gasteiger partial charge in [0.1, 0.15) is 11.5 Å². The highest BCUT2D eigenvalue weighted by atomic mass is 16.5. The van der Waals surface area contributed by atoms with E-state index in [0.29, 0.717) is 60.0 Å². The highest BCUT2D eigenvalue weighted by Crippen LogP contribution is 2.40. The number of rotatable bonds is 3. The van der Waals surface area contributed by atoms with Gasteiger partial charge in [0.2, 0.25) is 6.35 Å². The largest absolute Gasteiger partial charge is 0.507 e. The highest BCUT2D eigenvalue weighted by molar-refractivity contribution is 6.32. The van der Waals surface area contributed by atoms with Gasteiger partial charge in [0, 0.05) is 24.2 Å². The average Bonchev–Trinajstić information content (AvgIpc) is 2.72. The first-order chi connectivity index (χ1) is 13.7. The summed E-state index contributed by atoms with van der Waals surface area (Å²) in [5, 5.41) is 10.5. The fourth-order valence-corrected chi connectivity index (χ4v) is 4.15. The average molecular weight is 379 g/mol. The molecule has 28 heavy (non-hydrogen) atoms. The van der Waals surface area contributed by atoms with Crippen LogP contribution in [0, 0.1) is 0 Å². The van der Waals surface area contributed by atoms with E-state index in [1.54, 1.807) is 24.3 Å². The molecule has 0 saturated carbocycles. The monoisotopic (exact) mass is 379 g/mol. The van der Waals surface area contributed by atoms with Crippen molar-refractivity contribution in [1.29, 1.82) is 0 Å². The number of ketones is 1. The Balaban J connectivity index is 1.60. The number of phenolic OH excluding ortho intramolecular Hbond substituents is 1. The Kier molecular flexibility index (Phi) is 4.16. The first kappa shape index (κ1) is 17.4. The predicted molar refractivity (Wildman–Crippen MR) is 103 cm³/mol. The Hall–Kier alpha value is -2.74. The number of carbonyl (C=O) groups is 1. The van der Waals surface area contributed by atoms with Crippen LogP contribution in [0.4, 0.5) is 0 Å². The van der Waals surface area contributed by atoms with Crippen LogP contribution in [0.3, 0.4) is 0 Å². The topological polar surface area (TPSA) is 97.4 Å². The molecular formula is C21H21N3O4. The molecule has 1 saturated heterocycles. The number of carbonyl (C=O) groups excluding carboxylic acids is 1.